The second-order valence-electron chi connectivity index (χ2n) is 5.37. The smallest absolute Gasteiger partial charge is 0.240 e. The zero-order valence-electron chi connectivity index (χ0n) is 8.05. The van der Waals surface area contributed by atoms with Crippen LogP contribution in [0.4, 0.5) is 0 Å². The highest BCUT2D eigenvalue weighted by molar-refractivity contribution is 9.10. The number of hydrazine groups is 1. The SMILES string of the molecule is NNC(=O)C12CC3CC1CC(Br)(C3)C2. The molecule has 0 aliphatic heterocycles. The fourth-order valence-corrected chi connectivity index (χ4v) is 5.65. The average Bonchev–Trinajstić information content (AvgIpc) is 2.47. The highest BCUT2D eigenvalue weighted by Gasteiger charge is 2.66. The number of nitrogens with two attached hydrogens (primary N) is 1. The van der Waals surface area contributed by atoms with E-state index in [-0.39, 0.29) is 15.6 Å². The van der Waals surface area contributed by atoms with E-state index in [1.54, 1.807) is 0 Å². The molecule has 0 spiro atoms. The van der Waals surface area contributed by atoms with Gasteiger partial charge < -0.3 is 0 Å². The lowest BCUT2D eigenvalue weighted by Gasteiger charge is -2.35. The topological polar surface area (TPSA) is 55.1 Å². The number of hydrogen-bond acceptors (Lipinski definition) is 2. The molecule has 4 bridgehead atoms. The maximum absolute atomic E-state index is 11.9. The molecule has 3 N–H and O–H groups in total. The summed E-state index contributed by atoms with van der Waals surface area (Å²) in [5.74, 6) is 6.69. The van der Waals surface area contributed by atoms with Crippen LogP contribution in [0.1, 0.15) is 32.1 Å². The van der Waals surface area contributed by atoms with Gasteiger partial charge in [0.15, 0.2) is 0 Å². The molecule has 78 valence electrons. The Morgan fingerprint density at radius 2 is 2.21 bits per heavy atom. The van der Waals surface area contributed by atoms with E-state index in [1.807, 2.05) is 0 Å². The number of carbonyl (C=O) groups excluding carboxylic acids is 1. The molecular formula is C10H15BrN2O. The molecule has 4 atom stereocenters. The molecule has 4 saturated carbocycles. The summed E-state index contributed by atoms with van der Waals surface area (Å²) in [5, 5.41) is 0. The van der Waals surface area contributed by atoms with Crippen molar-refractivity contribution in [2.45, 2.75) is 36.4 Å². The number of nitrogens with one attached hydrogen (secondary N) is 1. The Bertz CT molecular complexity index is 308. The predicted octanol–water partition coefficient (Wildman–Crippen LogP) is 1.32. The van der Waals surface area contributed by atoms with Gasteiger partial charge in [0.1, 0.15) is 0 Å². The van der Waals surface area contributed by atoms with Crippen LogP contribution in [0.15, 0.2) is 0 Å². The maximum atomic E-state index is 11.9. The number of hydrogen-bond donors (Lipinski definition) is 2. The molecule has 0 heterocycles. The lowest BCUT2D eigenvalue weighted by atomic mass is 9.75. The van der Waals surface area contributed by atoms with E-state index in [4.69, 9.17) is 5.84 Å². The maximum Gasteiger partial charge on any atom is 0.240 e. The van der Waals surface area contributed by atoms with Crippen molar-refractivity contribution in [2.75, 3.05) is 0 Å². The zero-order chi connectivity index (χ0) is 9.97. The van der Waals surface area contributed by atoms with Crippen molar-refractivity contribution in [1.82, 2.24) is 5.43 Å². The highest BCUT2D eigenvalue weighted by atomic mass is 79.9. The summed E-state index contributed by atoms with van der Waals surface area (Å²) in [4.78, 5) is 11.9. The lowest BCUT2D eigenvalue weighted by Crippen LogP contribution is -2.46. The Kier molecular flexibility index (Phi) is 1.65. The highest BCUT2D eigenvalue weighted by Crippen LogP contribution is 2.69. The molecule has 4 rings (SSSR count). The van der Waals surface area contributed by atoms with Gasteiger partial charge in [-0.1, -0.05) is 15.9 Å². The molecule has 1 amide bonds. The first kappa shape index (κ1) is 9.16. The Hall–Kier alpha value is -0.0900. The standard InChI is InChI=1S/C10H15BrN2O/c11-9-2-6-1-7(4-9)10(3-6,5-9)8(14)13-12/h6-7H,1-5,12H2,(H,13,14). The predicted molar refractivity (Wildman–Crippen MR) is 56.5 cm³/mol. The summed E-state index contributed by atoms with van der Waals surface area (Å²) < 4.78 is 0.255. The monoisotopic (exact) mass is 258 g/mol. The van der Waals surface area contributed by atoms with Crippen molar-refractivity contribution >= 4 is 21.8 Å². The molecule has 4 aliphatic carbocycles. The van der Waals surface area contributed by atoms with Crippen LogP contribution in [0.5, 0.6) is 0 Å². The van der Waals surface area contributed by atoms with E-state index < -0.39 is 0 Å². The van der Waals surface area contributed by atoms with Crippen LogP contribution >= 0.6 is 15.9 Å². The summed E-state index contributed by atoms with van der Waals surface area (Å²) in [6.07, 6.45) is 5.71. The molecule has 4 unspecified atom stereocenters. The summed E-state index contributed by atoms with van der Waals surface area (Å²) in [6.45, 7) is 0. The van der Waals surface area contributed by atoms with Gasteiger partial charge in [0.2, 0.25) is 5.91 Å². The van der Waals surface area contributed by atoms with Crippen LogP contribution in [0.3, 0.4) is 0 Å². The molecule has 4 aliphatic rings. The molecule has 4 heteroatoms. The first-order valence-electron chi connectivity index (χ1n) is 5.28. The molecule has 0 aromatic carbocycles. The quantitative estimate of drug-likeness (QED) is 0.323. The number of halogens is 1. The molecule has 0 aromatic rings. The van der Waals surface area contributed by atoms with E-state index in [0.717, 1.165) is 25.2 Å². The third-order valence-electron chi connectivity index (χ3n) is 4.53. The van der Waals surface area contributed by atoms with Crippen LogP contribution in [-0.4, -0.2) is 10.2 Å². The van der Waals surface area contributed by atoms with Gasteiger partial charge in [0, 0.05) is 4.32 Å². The minimum absolute atomic E-state index is 0.0750. The normalized spacial score (nSPS) is 53.9. The van der Waals surface area contributed by atoms with Crippen molar-refractivity contribution in [3.63, 3.8) is 0 Å². The Labute approximate surface area is 91.9 Å². The summed E-state index contributed by atoms with van der Waals surface area (Å²) >= 11 is 3.82. The van der Waals surface area contributed by atoms with Crippen molar-refractivity contribution in [1.29, 1.82) is 0 Å². The zero-order valence-corrected chi connectivity index (χ0v) is 9.64. The van der Waals surface area contributed by atoms with Crippen molar-refractivity contribution < 1.29 is 4.79 Å². The fourth-order valence-electron chi connectivity index (χ4n) is 4.30. The van der Waals surface area contributed by atoms with E-state index in [9.17, 15) is 4.79 Å². The van der Waals surface area contributed by atoms with Gasteiger partial charge in [-0.15, -0.1) is 0 Å². The number of carbonyl (C=O) groups is 1. The first-order chi connectivity index (χ1) is 6.58. The Morgan fingerprint density at radius 1 is 1.43 bits per heavy atom. The minimum Gasteiger partial charge on any atom is -0.294 e. The van der Waals surface area contributed by atoms with E-state index >= 15 is 0 Å². The van der Waals surface area contributed by atoms with Gasteiger partial charge in [-0.25, -0.2) is 5.84 Å². The van der Waals surface area contributed by atoms with Gasteiger partial charge in [-0.2, -0.15) is 0 Å². The van der Waals surface area contributed by atoms with Crippen LogP contribution in [0, 0.1) is 17.3 Å². The van der Waals surface area contributed by atoms with Crippen LogP contribution in [0.25, 0.3) is 0 Å². The third-order valence-corrected chi connectivity index (χ3v) is 5.46. The van der Waals surface area contributed by atoms with Crippen LogP contribution < -0.4 is 11.3 Å². The fraction of sp³-hybridized carbons (Fsp3) is 0.900. The van der Waals surface area contributed by atoms with E-state index in [2.05, 4.69) is 21.4 Å². The van der Waals surface area contributed by atoms with Crippen molar-refractivity contribution in [3.05, 3.63) is 0 Å². The molecule has 4 fully saturated rings. The third kappa shape index (κ3) is 0.936. The molecule has 0 aromatic heterocycles. The average molecular weight is 259 g/mol. The second kappa shape index (κ2) is 2.53. The Balaban J connectivity index is 2.00. The summed E-state index contributed by atoms with van der Waals surface area (Å²) in [5.41, 5.74) is 2.24. The molecular weight excluding hydrogens is 244 g/mol. The van der Waals surface area contributed by atoms with Gasteiger partial charge in [-0.3, -0.25) is 10.2 Å². The van der Waals surface area contributed by atoms with E-state index in [0.29, 0.717) is 5.92 Å². The number of alkyl halides is 1. The van der Waals surface area contributed by atoms with Crippen LogP contribution in [-0.2, 0) is 4.79 Å². The minimum atomic E-state index is -0.124. The number of amides is 1. The van der Waals surface area contributed by atoms with E-state index in [1.165, 1.54) is 12.8 Å². The van der Waals surface area contributed by atoms with Crippen LogP contribution in [0.2, 0.25) is 0 Å². The lowest BCUT2D eigenvalue weighted by molar-refractivity contribution is -0.132. The summed E-state index contributed by atoms with van der Waals surface area (Å²) in [7, 11) is 0. The Morgan fingerprint density at radius 3 is 2.86 bits per heavy atom. The second-order valence-corrected chi connectivity index (χ2v) is 7.05. The molecule has 3 nitrogen and oxygen atoms in total. The van der Waals surface area contributed by atoms with Crippen molar-refractivity contribution in [2.24, 2.45) is 23.1 Å². The van der Waals surface area contributed by atoms with Gasteiger partial charge in [-0.05, 0) is 43.9 Å². The van der Waals surface area contributed by atoms with Gasteiger partial charge >= 0.3 is 0 Å². The first-order valence-corrected chi connectivity index (χ1v) is 6.07. The van der Waals surface area contributed by atoms with Gasteiger partial charge in [0.05, 0.1) is 5.41 Å². The summed E-state index contributed by atoms with van der Waals surface area (Å²) in [6, 6.07) is 0. The number of rotatable bonds is 1. The molecule has 14 heavy (non-hydrogen) atoms. The largest absolute Gasteiger partial charge is 0.294 e. The van der Waals surface area contributed by atoms with Gasteiger partial charge in [0.25, 0.3) is 0 Å². The molecule has 0 radical (unpaired) electrons. The van der Waals surface area contributed by atoms with Crippen molar-refractivity contribution in [3.8, 4) is 0 Å². The molecule has 0 saturated heterocycles.